The summed E-state index contributed by atoms with van der Waals surface area (Å²) in [6.07, 6.45) is 5.79. The quantitative estimate of drug-likeness (QED) is 0.281. The standard InChI is InChI=1S/C28H26F4O/c1-3-5-21-12-10-20(16-33-21)24-15-14-23(27(31)28(24)32)19-8-6-18(7-9-19)22-13-11-17(4-2)25(29)26(22)30/h3,5-9,11,13-15,20-21H,4,10,12,16H2,1-2H3/b5-3+. The Labute approximate surface area is 191 Å². The van der Waals surface area contributed by atoms with E-state index < -0.39 is 23.3 Å². The number of ether oxygens (including phenoxy) is 1. The number of benzene rings is 3. The number of aryl methyl sites for hydroxylation is 1. The van der Waals surface area contributed by atoms with Crippen molar-refractivity contribution in [2.24, 2.45) is 0 Å². The van der Waals surface area contributed by atoms with Gasteiger partial charge in [-0.05, 0) is 48.4 Å². The van der Waals surface area contributed by atoms with Crippen molar-refractivity contribution in [1.82, 2.24) is 0 Å². The average Bonchev–Trinajstić information content (AvgIpc) is 2.84. The molecule has 1 fully saturated rings. The normalized spacial score (nSPS) is 18.7. The zero-order chi connectivity index (χ0) is 23.5. The highest BCUT2D eigenvalue weighted by Gasteiger charge is 2.26. The van der Waals surface area contributed by atoms with Gasteiger partial charge in [0.1, 0.15) is 0 Å². The van der Waals surface area contributed by atoms with E-state index >= 15 is 0 Å². The maximum Gasteiger partial charge on any atom is 0.166 e. The van der Waals surface area contributed by atoms with Crippen LogP contribution in [0.3, 0.4) is 0 Å². The molecule has 33 heavy (non-hydrogen) atoms. The number of halogens is 4. The third-order valence-electron chi connectivity index (χ3n) is 6.32. The SMILES string of the molecule is C/C=C/C1CCC(c2ccc(-c3ccc(-c4ccc(CC)c(F)c4F)cc3)c(F)c2F)CO1. The maximum atomic E-state index is 15.0. The van der Waals surface area contributed by atoms with Gasteiger partial charge in [-0.1, -0.05) is 67.6 Å². The van der Waals surface area contributed by atoms with Gasteiger partial charge in [-0.3, -0.25) is 0 Å². The number of hydrogen-bond acceptors (Lipinski definition) is 1. The molecular weight excluding hydrogens is 428 g/mol. The minimum Gasteiger partial charge on any atom is -0.374 e. The van der Waals surface area contributed by atoms with Crippen LogP contribution in [0, 0.1) is 23.3 Å². The summed E-state index contributed by atoms with van der Waals surface area (Å²) in [5.74, 6) is -3.73. The Hall–Kier alpha value is -2.92. The molecule has 0 radical (unpaired) electrons. The van der Waals surface area contributed by atoms with Crippen LogP contribution in [0.15, 0.2) is 60.7 Å². The van der Waals surface area contributed by atoms with Gasteiger partial charge in [-0.25, -0.2) is 17.6 Å². The molecule has 0 N–H and O–H groups in total. The first-order valence-corrected chi connectivity index (χ1v) is 11.2. The van der Waals surface area contributed by atoms with E-state index in [9.17, 15) is 17.6 Å². The van der Waals surface area contributed by atoms with Gasteiger partial charge in [-0.2, -0.15) is 0 Å². The summed E-state index contributed by atoms with van der Waals surface area (Å²) in [6.45, 7) is 4.03. The maximum absolute atomic E-state index is 15.0. The molecule has 0 amide bonds. The highest BCUT2D eigenvalue weighted by molar-refractivity contribution is 5.71. The topological polar surface area (TPSA) is 9.23 Å². The van der Waals surface area contributed by atoms with Crippen LogP contribution in [0.5, 0.6) is 0 Å². The Morgan fingerprint density at radius 1 is 0.788 bits per heavy atom. The van der Waals surface area contributed by atoms with Crippen LogP contribution < -0.4 is 0 Å². The fourth-order valence-electron chi connectivity index (χ4n) is 4.40. The Morgan fingerprint density at radius 3 is 1.94 bits per heavy atom. The highest BCUT2D eigenvalue weighted by atomic mass is 19.2. The highest BCUT2D eigenvalue weighted by Crippen LogP contribution is 2.35. The van der Waals surface area contributed by atoms with Gasteiger partial charge in [0, 0.05) is 17.0 Å². The van der Waals surface area contributed by atoms with Crippen molar-refractivity contribution >= 4 is 0 Å². The summed E-state index contributed by atoms with van der Waals surface area (Å²) in [6, 6.07) is 12.6. The monoisotopic (exact) mass is 454 g/mol. The van der Waals surface area contributed by atoms with Crippen molar-refractivity contribution < 1.29 is 22.3 Å². The lowest BCUT2D eigenvalue weighted by molar-refractivity contribution is 0.0317. The van der Waals surface area contributed by atoms with Crippen molar-refractivity contribution in [2.45, 2.75) is 45.1 Å². The van der Waals surface area contributed by atoms with Gasteiger partial charge < -0.3 is 4.74 Å². The van der Waals surface area contributed by atoms with Crippen LogP contribution in [0.25, 0.3) is 22.3 Å². The van der Waals surface area contributed by atoms with E-state index in [0.717, 1.165) is 12.8 Å². The van der Waals surface area contributed by atoms with Gasteiger partial charge >= 0.3 is 0 Å². The molecular formula is C28H26F4O. The van der Waals surface area contributed by atoms with Gasteiger partial charge in [0.25, 0.3) is 0 Å². The second kappa shape index (κ2) is 9.92. The van der Waals surface area contributed by atoms with Crippen molar-refractivity contribution in [3.05, 3.63) is 95.1 Å². The summed E-state index contributed by atoms with van der Waals surface area (Å²) in [7, 11) is 0. The lowest BCUT2D eigenvalue weighted by atomic mass is 9.89. The lowest BCUT2D eigenvalue weighted by Gasteiger charge is -2.28. The molecule has 1 nitrogen and oxygen atoms in total. The molecule has 0 spiro atoms. The summed E-state index contributed by atoms with van der Waals surface area (Å²) < 4.78 is 64.3. The molecule has 0 bridgehead atoms. The molecule has 1 saturated heterocycles. The van der Waals surface area contributed by atoms with E-state index in [1.807, 2.05) is 19.1 Å². The molecule has 3 aromatic carbocycles. The zero-order valence-corrected chi connectivity index (χ0v) is 18.7. The molecule has 1 heterocycles. The third kappa shape index (κ3) is 4.60. The first-order chi connectivity index (χ1) is 15.9. The summed E-state index contributed by atoms with van der Waals surface area (Å²) in [5, 5.41) is 0. The van der Waals surface area contributed by atoms with E-state index in [1.54, 1.807) is 49.4 Å². The zero-order valence-electron chi connectivity index (χ0n) is 18.7. The molecule has 3 aromatic rings. The van der Waals surface area contributed by atoms with Crippen molar-refractivity contribution in [2.75, 3.05) is 6.61 Å². The van der Waals surface area contributed by atoms with Crippen LogP contribution in [0.2, 0.25) is 0 Å². The van der Waals surface area contributed by atoms with Crippen LogP contribution in [-0.4, -0.2) is 12.7 Å². The second-order valence-electron chi connectivity index (χ2n) is 8.33. The van der Waals surface area contributed by atoms with Gasteiger partial charge in [0.15, 0.2) is 23.3 Å². The summed E-state index contributed by atoms with van der Waals surface area (Å²) in [5.41, 5.74) is 1.81. The molecule has 5 heteroatoms. The van der Waals surface area contributed by atoms with E-state index in [0.29, 0.717) is 35.3 Å². The van der Waals surface area contributed by atoms with Crippen LogP contribution >= 0.6 is 0 Å². The van der Waals surface area contributed by atoms with Crippen LogP contribution in [0.4, 0.5) is 17.6 Å². The van der Waals surface area contributed by atoms with Gasteiger partial charge in [0.05, 0.1) is 12.7 Å². The number of hydrogen-bond donors (Lipinski definition) is 0. The molecule has 1 aliphatic heterocycles. The second-order valence-corrected chi connectivity index (χ2v) is 8.33. The van der Waals surface area contributed by atoms with Gasteiger partial charge in [-0.15, -0.1) is 0 Å². The van der Waals surface area contributed by atoms with Gasteiger partial charge in [0.2, 0.25) is 0 Å². The smallest absolute Gasteiger partial charge is 0.166 e. The lowest BCUT2D eigenvalue weighted by Crippen LogP contribution is -2.24. The van der Waals surface area contributed by atoms with Crippen molar-refractivity contribution in [3.63, 3.8) is 0 Å². The molecule has 0 aliphatic carbocycles. The summed E-state index contributed by atoms with van der Waals surface area (Å²) >= 11 is 0. The minimum atomic E-state index is -0.916. The summed E-state index contributed by atoms with van der Waals surface area (Å²) in [4.78, 5) is 0. The predicted molar refractivity (Wildman–Crippen MR) is 123 cm³/mol. The van der Waals surface area contributed by atoms with Crippen molar-refractivity contribution in [3.8, 4) is 22.3 Å². The Bertz CT molecular complexity index is 1160. The Morgan fingerprint density at radius 2 is 1.39 bits per heavy atom. The fourth-order valence-corrected chi connectivity index (χ4v) is 4.40. The molecule has 1 aliphatic rings. The van der Waals surface area contributed by atoms with Crippen LogP contribution in [-0.2, 0) is 11.2 Å². The predicted octanol–water partition coefficient (Wildman–Crippen LogP) is 7.98. The average molecular weight is 455 g/mol. The Balaban J connectivity index is 1.58. The molecule has 2 unspecified atom stereocenters. The first-order valence-electron chi connectivity index (χ1n) is 11.2. The minimum absolute atomic E-state index is 0.0217. The molecule has 0 saturated carbocycles. The van der Waals surface area contributed by atoms with Crippen molar-refractivity contribution in [1.29, 1.82) is 0 Å². The molecule has 172 valence electrons. The Kier molecular flexibility index (Phi) is 6.99. The number of allylic oxidation sites excluding steroid dienone is 1. The van der Waals surface area contributed by atoms with E-state index in [-0.39, 0.29) is 23.1 Å². The number of rotatable bonds is 5. The molecule has 2 atom stereocenters. The van der Waals surface area contributed by atoms with E-state index in [1.165, 1.54) is 6.07 Å². The molecule has 4 rings (SSSR count). The van der Waals surface area contributed by atoms with E-state index in [4.69, 9.17) is 4.74 Å². The fraction of sp³-hybridized carbons (Fsp3) is 0.286. The first kappa shape index (κ1) is 23.2. The largest absolute Gasteiger partial charge is 0.374 e. The van der Waals surface area contributed by atoms with E-state index in [2.05, 4.69) is 0 Å². The van der Waals surface area contributed by atoms with Crippen LogP contribution in [0.1, 0.15) is 43.7 Å². The third-order valence-corrected chi connectivity index (χ3v) is 6.32. The molecule has 0 aromatic heterocycles.